The number of rotatable bonds is 6. The van der Waals surface area contributed by atoms with Gasteiger partial charge in [-0.2, -0.15) is 0 Å². The van der Waals surface area contributed by atoms with Crippen molar-refractivity contribution in [2.45, 2.75) is 18.1 Å². The van der Waals surface area contributed by atoms with E-state index in [0.29, 0.717) is 17.8 Å². The lowest BCUT2D eigenvalue weighted by molar-refractivity contribution is -0.122. The normalized spacial score (nSPS) is 17.8. The average molecular weight is 389 g/mol. The molecule has 1 aliphatic rings. The minimum Gasteiger partial charge on any atom is -0.324 e. The van der Waals surface area contributed by atoms with E-state index in [1.165, 1.54) is 11.8 Å². The van der Waals surface area contributed by atoms with Crippen LogP contribution in [-0.2, 0) is 16.0 Å². The van der Waals surface area contributed by atoms with Gasteiger partial charge in [-0.1, -0.05) is 42.1 Å². The molecular weight excluding hydrogens is 372 g/mol. The fourth-order valence-electron chi connectivity index (χ4n) is 2.51. The number of carbonyl (C=O) groups is 2. The molecule has 0 radical (unpaired) electrons. The molecule has 8 heteroatoms. The second-order valence-electron chi connectivity index (χ2n) is 5.89. The van der Waals surface area contributed by atoms with Crippen molar-refractivity contribution in [1.29, 1.82) is 0 Å². The highest BCUT2D eigenvalue weighted by molar-refractivity contribution is 8.15. The number of amidine groups is 1. The molecule has 1 heterocycles. The number of halogens is 2. The van der Waals surface area contributed by atoms with E-state index in [9.17, 15) is 18.4 Å². The van der Waals surface area contributed by atoms with Gasteiger partial charge < -0.3 is 10.6 Å². The van der Waals surface area contributed by atoms with Crippen LogP contribution in [-0.4, -0.2) is 28.8 Å². The van der Waals surface area contributed by atoms with Gasteiger partial charge in [-0.05, 0) is 24.1 Å². The maximum atomic E-state index is 13.6. The van der Waals surface area contributed by atoms with Gasteiger partial charge in [0, 0.05) is 19.0 Å². The van der Waals surface area contributed by atoms with Crippen molar-refractivity contribution in [1.82, 2.24) is 5.32 Å². The maximum Gasteiger partial charge on any atom is 0.240 e. The number of carbonyl (C=O) groups excluding carboxylic acids is 2. The average Bonchev–Trinajstić information content (AvgIpc) is 2.98. The van der Waals surface area contributed by atoms with Crippen LogP contribution >= 0.6 is 11.8 Å². The molecule has 0 unspecified atom stereocenters. The van der Waals surface area contributed by atoms with E-state index in [4.69, 9.17) is 0 Å². The lowest BCUT2D eigenvalue weighted by Crippen LogP contribution is -2.28. The number of amides is 2. The number of benzene rings is 2. The Labute approximate surface area is 159 Å². The molecule has 2 aromatic rings. The summed E-state index contributed by atoms with van der Waals surface area (Å²) in [5, 5.41) is 4.84. The summed E-state index contributed by atoms with van der Waals surface area (Å²) in [5.41, 5.74) is 1.02. The fraction of sp³-hybridized carbons (Fsp3) is 0.211. The summed E-state index contributed by atoms with van der Waals surface area (Å²) in [6.45, 7) is 0.520. The maximum absolute atomic E-state index is 13.6. The van der Waals surface area contributed by atoms with Crippen LogP contribution in [0.4, 0.5) is 14.5 Å². The number of hydrogen-bond donors (Lipinski definition) is 2. The SMILES string of the molecule is O=C(C[C@H]1SC(=NCCc2ccccc2)NC1=O)Nc1ccc(F)cc1F. The number of nitrogens with zero attached hydrogens (tertiary/aromatic N) is 1. The zero-order chi connectivity index (χ0) is 19.2. The van der Waals surface area contributed by atoms with Gasteiger partial charge in [0.15, 0.2) is 5.17 Å². The van der Waals surface area contributed by atoms with E-state index in [-0.39, 0.29) is 18.0 Å². The molecule has 1 aliphatic heterocycles. The molecule has 0 aromatic heterocycles. The van der Waals surface area contributed by atoms with Crippen LogP contribution in [0.15, 0.2) is 53.5 Å². The molecule has 2 amide bonds. The van der Waals surface area contributed by atoms with Gasteiger partial charge in [-0.3, -0.25) is 14.6 Å². The molecule has 0 aliphatic carbocycles. The van der Waals surface area contributed by atoms with Crippen LogP contribution in [0.3, 0.4) is 0 Å². The van der Waals surface area contributed by atoms with Crippen LogP contribution in [0.25, 0.3) is 0 Å². The predicted octanol–water partition coefficient (Wildman–Crippen LogP) is 3.12. The first kappa shape index (κ1) is 19.0. The molecule has 1 fully saturated rings. The number of anilines is 1. The van der Waals surface area contributed by atoms with Gasteiger partial charge in [0.05, 0.1) is 5.69 Å². The summed E-state index contributed by atoms with van der Waals surface area (Å²) in [5.74, 6) is -2.44. The van der Waals surface area contributed by atoms with Crippen molar-refractivity contribution >= 4 is 34.4 Å². The number of hydrogen-bond acceptors (Lipinski definition) is 4. The third kappa shape index (κ3) is 5.37. The van der Waals surface area contributed by atoms with Crippen LogP contribution < -0.4 is 10.6 Å². The van der Waals surface area contributed by atoms with Crippen molar-refractivity contribution in [3.8, 4) is 0 Å². The summed E-state index contributed by atoms with van der Waals surface area (Å²) in [6.07, 6.45) is 0.612. The highest BCUT2D eigenvalue weighted by Crippen LogP contribution is 2.23. The van der Waals surface area contributed by atoms with Crippen molar-refractivity contribution in [2.75, 3.05) is 11.9 Å². The summed E-state index contributed by atoms with van der Waals surface area (Å²) < 4.78 is 26.5. The van der Waals surface area contributed by atoms with Gasteiger partial charge in [0.25, 0.3) is 0 Å². The molecule has 3 rings (SSSR count). The van der Waals surface area contributed by atoms with Gasteiger partial charge in [0.1, 0.15) is 16.9 Å². The minimum atomic E-state index is -0.866. The van der Waals surface area contributed by atoms with Crippen molar-refractivity contribution in [2.24, 2.45) is 4.99 Å². The molecule has 0 saturated carbocycles. The summed E-state index contributed by atoms with van der Waals surface area (Å²) in [6, 6.07) is 12.7. The van der Waals surface area contributed by atoms with Gasteiger partial charge in [0.2, 0.25) is 11.8 Å². The first-order valence-electron chi connectivity index (χ1n) is 8.32. The fourth-order valence-corrected chi connectivity index (χ4v) is 3.50. The Morgan fingerprint density at radius 1 is 1.19 bits per heavy atom. The Balaban J connectivity index is 1.51. The van der Waals surface area contributed by atoms with Crippen LogP contribution in [0.2, 0.25) is 0 Å². The van der Waals surface area contributed by atoms with Crippen LogP contribution in [0, 0.1) is 11.6 Å². The zero-order valence-corrected chi connectivity index (χ0v) is 15.1. The van der Waals surface area contributed by atoms with Gasteiger partial charge >= 0.3 is 0 Å². The smallest absolute Gasteiger partial charge is 0.240 e. The molecule has 140 valence electrons. The summed E-state index contributed by atoms with van der Waals surface area (Å²) in [7, 11) is 0. The van der Waals surface area contributed by atoms with E-state index >= 15 is 0 Å². The first-order valence-corrected chi connectivity index (χ1v) is 9.20. The zero-order valence-electron chi connectivity index (χ0n) is 14.2. The van der Waals surface area contributed by atoms with Crippen LogP contribution in [0.5, 0.6) is 0 Å². The molecule has 27 heavy (non-hydrogen) atoms. The lowest BCUT2D eigenvalue weighted by atomic mass is 10.2. The van der Waals surface area contributed by atoms with E-state index in [1.54, 1.807) is 0 Å². The molecule has 2 N–H and O–H groups in total. The molecule has 5 nitrogen and oxygen atoms in total. The van der Waals surface area contributed by atoms with Gasteiger partial charge in [-0.15, -0.1) is 0 Å². The highest BCUT2D eigenvalue weighted by atomic mass is 32.2. The number of nitrogens with one attached hydrogen (secondary N) is 2. The lowest BCUT2D eigenvalue weighted by Gasteiger charge is -2.08. The summed E-state index contributed by atoms with van der Waals surface area (Å²) >= 11 is 1.17. The quantitative estimate of drug-likeness (QED) is 0.798. The van der Waals surface area contributed by atoms with Crippen molar-refractivity contribution in [3.05, 3.63) is 65.7 Å². The second-order valence-corrected chi connectivity index (χ2v) is 7.09. The molecule has 1 saturated heterocycles. The second kappa shape index (κ2) is 8.77. The van der Waals surface area contributed by atoms with E-state index in [1.807, 2.05) is 30.3 Å². The van der Waals surface area contributed by atoms with Gasteiger partial charge in [-0.25, -0.2) is 8.78 Å². The third-order valence-corrected chi connectivity index (χ3v) is 4.97. The molecule has 2 aromatic carbocycles. The highest BCUT2D eigenvalue weighted by Gasteiger charge is 2.32. The topological polar surface area (TPSA) is 70.6 Å². The Morgan fingerprint density at radius 3 is 2.70 bits per heavy atom. The van der Waals surface area contributed by atoms with E-state index in [0.717, 1.165) is 24.1 Å². The Hall–Kier alpha value is -2.74. The monoisotopic (exact) mass is 389 g/mol. The Kier molecular flexibility index (Phi) is 6.18. The number of thioether (sulfide) groups is 1. The minimum absolute atomic E-state index is 0.124. The third-order valence-electron chi connectivity index (χ3n) is 3.85. The largest absolute Gasteiger partial charge is 0.324 e. The molecule has 0 spiro atoms. The van der Waals surface area contributed by atoms with Crippen LogP contribution in [0.1, 0.15) is 12.0 Å². The van der Waals surface area contributed by atoms with E-state index in [2.05, 4.69) is 15.6 Å². The summed E-state index contributed by atoms with van der Waals surface area (Å²) in [4.78, 5) is 28.4. The standard InChI is InChI=1S/C19H17F2N3O2S/c20-13-6-7-15(14(21)10-13)23-17(25)11-16-18(26)24-19(27-16)22-9-8-12-4-2-1-3-5-12/h1-7,10,16H,8-9,11H2,(H,23,25)(H,22,24,26)/t16-/m1/s1. The molecule has 0 bridgehead atoms. The van der Waals surface area contributed by atoms with E-state index < -0.39 is 22.8 Å². The number of aliphatic imine (C=N–C) groups is 1. The molecule has 1 atom stereocenters. The molecular formula is C19H17F2N3O2S. The van der Waals surface area contributed by atoms with Crippen molar-refractivity contribution in [3.63, 3.8) is 0 Å². The van der Waals surface area contributed by atoms with Crippen molar-refractivity contribution < 1.29 is 18.4 Å². The first-order chi connectivity index (χ1) is 13.0. The predicted molar refractivity (Wildman–Crippen MR) is 102 cm³/mol. The Morgan fingerprint density at radius 2 is 1.96 bits per heavy atom. The Bertz CT molecular complexity index is 875.